The van der Waals surface area contributed by atoms with Gasteiger partial charge in [-0.15, -0.1) is 0 Å². The second kappa shape index (κ2) is 6.81. The first-order valence-corrected chi connectivity index (χ1v) is 7.15. The molecule has 2 aromatic rings. The summed E-state index contributed by atoms with van der Waals surface area (Å²) >= 11 is 0. The molecular formula is C17H17F3N2O. The number of carbonyl (C=O) groups excluding carboxylic acids is 1. The Morgan fingerprint density at radius 1 is 1.13 bits per heavy atom. The van der Waals surface area contributed by atoms with Crippen LogP contribution in [0.1, 0.15) is 28.8 Å². The van der Waals surface area contributed by atoms with E-state index in [-0.39, 0.29) is 18.7 Å². The Morgan fingerprint density at radius 2 is 1.87 bits per heavy atom. The number of hydrogen-bond donors (Lipinski definition) is 1. The van der Waals surface area contributed by atoms with Gasteiger partial charge in [0.1, 0.15) is 0 Å². The maximum Gasteiger partial charge on any atom is 0.417 e. The molecule has 1 aromatic heterocycles. The second-order valence-corrected chi connectivity index (χ2v) is 5.38. The molecule has 1 aromatic carbocycles. The van der Waals surface area contributed by atoms with Gasteiger partial charge in [0.15, 0.2) is 0 Å². The number of hydrogen-bond acceptors (Lipinski definition) is 2. The third-order valence-electron chi connectivity index (χ3n) is 3.55. The van der Waals surface area contributed by atoms with Crippen LogP contribution in [0.4, 0.5) is 18.9 Å². The Balaban J connectivity index is 1.90. The van der Waals surface area contributed by atoms with Crippen LogP contribution in [0.15, 0.2) is 36.5 Å². The van der Waals surface area contributed by atoms with E-state index in [9.17, 15) is 18.0 Å². The van der Waals surface area contributed by atoms with Gasteiger partial charge in [-0.3, -0.25) is 9.78 Å². The van der Waals surface area contributed by atoms with Crippen LogP contribution in [-0.4, -0.2) is 10.9 Å². The zero-order valence-corrected chi connectivity index (χ0v) is 12.9. The van der Waals surface area contributed by atoms with Gasteiger partial charge in [0.05, 0.1) is 5.56 Å². The number of nitrogens with one attached hydrogen (secondary N) is 1. The van der Waals surface area contributed by atoms with Crippen LogP contribution < -0.4 is 5.32 Å². The maximum atomic E-state index is 12.4. The van der Waals surface area contributed by atoms with Gasteiger partial charge in [-0.1, -0.05) is 6.07 Å². The van der Waals surface area contributed by atoms with Crippen LogP contribution in [0.25, 0.3) is 0 Å². The molecular weight excluding hydrogens is 305 g/mol. The Morgan fingerprint density at radius 3 is 2.43 bits per heavy atom. The van der Waals surface area contributed by atoms with E-state index in [1.54, 1.807) is 0 Å². The van der Waals surface area contributed by atoms with Crippen LogP contribution in [-0.2, 0) is 17.4 Å². The fraction of sp³-hybridized carbons (Fsp3) is 0.294. The smallest absolute Gasteiger partial charge is 0.326 e. The van der Waals surface area contributed by atoms with Gasteiger partial charge in [0.2, 0.25) is 5.91 Å². The molecule has 0 fully saturated rings. The fourth-order valence-electron chi connectivity index (χ4n) is 2.02. The lowest BCUT2D eigenvalue weighted by Crippen LogP contribution is -2.13. The van der Waals surface area contributed by atoms with Crippen molar-refractivity contribution in [2.45, 2.75) is 32.9 Å². The monoisotopic (exact) mass is 322 g/mol. The minimum absolute atomic E-state index is 0.158. The van der Waals surface area contributed by atoms with Crippen molar-refractivity contribution in [2.75, 3.05) is 5.32 Å². The number of carbonyl (C=O) groups is 1. The van der Waals surface area contributed by atoms with E-state index in [0.717, 1.165) is 23.4 Å². The molecule has 1 heterocycles. The summed E-state index contributed by atoms with van der Waals surface area (Å²) in [5, 5.41) is 2.77. The van der Waals surface area contributed by atoms with Crippen molar-refractivity contribution in [1.29, 1.82) is 0 Å². The van der Waals surface area contributed by atoms with Gasteiger partial charge < -0.3 is 5.32 Å². The maximum absolute atomic E-state index is 12.4. The minimum Gasteiger partial charge on any atom is -0.326 e. The molecule has 0 aliphatic rings. The molecule has 0 unspecified atom stereocenters. The Kier molecular flexibility index (Phi) is 5.03. The van der Waals surface area contributed by atoms with E-state index in [2.05, 4.69) is 10.3 Å². The molecule has 0 spiro atoms. The average Bonchev–Trinajstić information content (AvgIpc) is 2.48. The quantitative estimate of drug-likeness (QED) is 0.912. The number of rotatable bonds is 4. The molecule has 0 saturated heterocycles. The number of alkyl halides is 3. The number of aryl methyl sites for hydroxylation is 3. The summed E-state index contributed by atoms with van der Waals surface area (Å²) in [4.78, 5) is 15.6. The highest BCUT2D eigenvalue weighted by Crippen LogP contribution is 2.28. The highest BCUT2D eigenvalue weighted by Gasteiger charge is 2.30. The van der Waals surface area contributed by atoms with Crippen molar-refractivity contribution in [2.24, 2.45) is 0 Å². The molecule has 0 aliphatic heterocycles. The number of nitrogens with zero attached hydrogens (tertiary/aromatic N) is 1. The first-order chi connectivity index (χ1) is 10.8. The molecule has 0 aliphatic carbocycles. The lowest BCUT2D eigenvalue weighted by molar-refractivity contribution is -0.137. The van der Waals surface area contributed by atoms with Crippen LogP contribution in [0, 0.1) is 13.8 Å². The van der Waals surface area contributed by atoms with E-state index in [1.165, 1.54) is 6.07 Å². The Bertz CT molecular complexity index is 694. The van der Waals surface area contributed by atoms with Gasteiger partial charge in [-0.05, 0) is 55.7 Å². The van der Waals surface area contributed by atoms with Crippen molar-refractivity contribution in [1.82, 2.24) is 4.98 Å². The molecule has 0 bridgehead atoms. The number of halogens is 3. The van der Waals surface area contributed by atoms with E-state index in [1.807, 2.05) is 32.0 Å². The molecule has 23 heavy (non-hydrogen) atoms. The summed E-state index contributed by atoms with van der Waals surface area (Å²) < 4.78 is 37.3. The summed E-state index contributed by atoms with van der Waals surface area (Å²) in [5.41, 5.74) is 2.58. The molecule has 0 saturated carbocycles. The SMILES string of the molecule is Cc1ccc(NC(=O)CCc2ccc(C(F)(F)F)cn2)cc1C. The second-order valence-electron chi connectivity index (χ2n) is 5.38. The summed E-state index contributed by atoms with van der Waals surface area (Å²) in [6.07, 6.45) is -3.16. The first kappa shape index (κ1) is 17.0. The van der Waals surface area contributed by atoms with Gasteiger partial charge in [0.25, 0.3) is 0 Å². The van der Waals surface area contributed by atoms with Gasteiger partial charge in [0, 0.05) is 24.0 Å². The zero-order chi connectivity index (χ0) is 17.0. The lowest BCUT2D eigenvalue weighted by atomic mass is 10.1. The van der Waals surface area contributed by atoms with Crippen molar-refractivity contribution in [3.05, 3.63) is 58.9 Å². The average molecular weight is 322 g/mol. The van der Waals surface area contributed by atoms with E-state index in [4.69, 9.17) is 0 Å². The number of anilines is 1. The molecule has 1 N–H and O–H groups in total. The molecule has 0 radical (unpaired) electrons. The molecule has 6 heteroatoms. The fourth-order valence-corrected chi connectivity index (χ4v) is 2.02. The summed E-state index contributed by atoms with van der Waals surface area (Å²) in [6.45, 7) is 3.94. The van der Waals surface area contributed by atoms with E-state index < -0.39 is 11.7 Å². The molecule has 1 amide bonds. The van der Waals surface area contributed by atoms with Crippen molar-refractivity contribution in [3.8, 4) is 0 Å². The third-order valence-corrected chi connectivity index (χ3v) is 3.55. The van der Waals surface area contributed by atoms with Crippen LogP contribution in [0.3, 0.4) is 0 Å². The molecule has 3 nitrogen and oxygen atoms in total. The first-order valence-electron chi connectivity index (χ1n) is 7.15. The zero-order valence-electron chi connectivity index (χ0n) is 12.9. The summed E-state index contributed by atoms with van der Waals surface area (Å²) in [5.74, 6) is -0.199. The van der Waals surface area contributed by atoms with Crippen molar-refractivity contribution < 1.29 is 18.0 Å². The molecule has 122 valence electrons. The predicted octanol–water partition coefficient (Wildman–Crippen LogP) is 4.29. The molecule has 2 rings (SSSR count). The van der Waals surface area contributed by atoms with Gasteiger partial charge >= 0.3 is 6.18 Å². The Labute approximate surface area is 132 Å². The highest BCUT2D eigenvalue weighted by molar-refractivity contribution is 5.90. The third kappa shape index (κ3) is 4.81. The van der Waals surface area contributed by atoms with Crippen LogP contribution in [0.5, 0.6) is 0 Å². The largest absolute Gasteiger partial charge is 0.417 e. The standard InChI is InChI=1S/C17H17F3N2O/c1-11-3-5-15(9-12(11)2)22-16(23)8-7-14-6-4-13(10-21-14)17(18,19)20/h3-6,9-10H,7-8H2,1-2H3,(H,22,23). The normalized spacial score (nSPS) is 11.3. The number of pyridine rings is 1. The van der Waals surface area contributed by atoms with Crippen LogP contribution >= 0.6 is 0 Å². The van der Waals surface area contributed by atoms with Crippen molar-refractivity contribution >= 4 is 11.6 Å². The van der Waals surface area contributed by atoms with Gasteiger partial charge in [-0.25, -0.2) is 0 Å². The van der Waals surface area contributed by atoms with E-state index in [0.29, 0.717) is 11.4 Å². The topological polar surface area (TPSA) is 42.0 Å². The Hall–Kier alpha value is -2.37. The van der Waals surface area contributed by atoms with Crippen LogP contribution in [0.2, 0.25) is 0 Å². The summed E-state index contributed by atoms with van der Waals surface area (Å²) in [7, 11) is 0. The number of amides is 1. The highest BCUT2D eigenvalue weighted by atomic mass is 19.4. The number of benzene rings is 1. The van der Waals surface area contributed by atoms with E-state index >= 15 is 0 Å². The lowest BCUT2D eigenvalue weighted by Gasteiger charge is -2.08. The van der Waals surface area contributed by atoms with Gasteiger partial charge in [-0.2, -0.15) is 13.2 Å². The van der Waals surface area contributed by atoms with Crippen molar-refractivity contribution in [3.63, 3.8) is 0 Å². The molecule has 0 atom stereocenters. The minimum atomic E-state index is -4.40. The predicted molar refractivity (Wildman–Crippen MR) is 82.1 cm³/mol. The summed E-state index contributed by atoms with van der Waals surface area (Å²) in [6, 6.07) is 7.89. The number of aromatic nitrogens is 1.